The first-order chi connectivity index (χ1) is 9.82. The number of urea groups is 1. The van der Waals surface area contributed by atoms with Crippen molar-refractivity contribution in [3.05, 3.63) is 0 Å². The lowest BCUT2D eigenvalue weighted by atomic mass is 9.78. The second-order valence-electron chi connectivity index (χ2n) is 5.63. The van der Waals surface area contributed by atoms with Crippen LogP contribution in [0.25, 0.3) is 0 Å². The summed E-state index contributed by atoms with van der Waals surface area (Å²) in [6, 6.07) is -0.358. The van der Waals surface area contributed by atoms with Gasteiger partial charge in [0.1, 0.15) is 6.54 Å². The van der Waals surface area contributed by atoms with Gasteiger partial charge in [0.2, 0.25) is 0 Å². The molecule has 1 aliphatic rings. The van der Waals surface area contributed by atoms with Crippen LogP contribution in [0, 0.1) is 0 Å². The molecular formula is C14H24N2O5. The summed E-state index contributed by atoms with van der Waals surface area (Å²) in [5, 5.41) is 9.16. The predicted octanol–water partition coefficient (Wildman–Crippen LogP) is 1.32. The van der Waals surface area contributed by atoms with Gasteiger partial charge in [-0.3, -0.25) is 9.59 Å². The number of amides is 2. The molecule has 0 unspecified atom stereocenters. The fraction of sp³-hybridized carbons (Fsp3) is 0.786. The molecule has 1 rings (SSSR count). The highest BCUT2D eigenvalue weighted by Crippen LogP contribution is 2.36. The number of carboxylic acids is 1. The van der Waals surface area contributed by atoms with Gasteiger partial charge in [-0.15, -0.1) is 0 Å². The van der Waals surface area contributed by atoms with E-state index in [1.807, 2.05) is 0 Å². The van der Waals surface area contributed by atoms with Gasteiger partial charge in [0, 0.05) is 14.1 Å². The Bertz CT molecular complexity index is 404. The Morgan fingerprint density at radius 1 is 1.14 bits per heavy atom. The molecule has 1 aliphatic carbocycles. The van der Waals surface area contributed by atoms with Gasteiger partial charge in [-0.25, -0.2) is 4.79 Å². The Kier molecular flexibility index (Phi) is 5.99. The van der Waals surface area contributed by atoms with Crippen LogP contribution in [0.3, 0.4) is 0 Å². The molecule has 0 radical (unpaired) electrons. The first-order valence-corrected chi connectivity index (χ1v) is 7.10. The summed E-state index contributed by atoms with van der Waals surface area (Å²) in [6.45, 7) is -0.150. The Hall–Kier alpha value is -1.79. The first kappa shape index (κ1) is 17.3. The second-order valence-corrected chi connectivity index (χ2v) is 5.63. The van der Waals surface area contributed by atoms with Crippen molar-refractivity contribution in [1.82, 2.24) is 9.80 Å². The smallest absolute Gasteiger partial charge is 0.325 e. The van der Waals surface area contributed by atoms with Crippen molar-refractivity contribution in [1.29, 1.82) is 0 Å². The van der Waals surface area contributed by atoms with E-state index in [4.69, 9.17) is 5.11 Å². The minimum atomic E-state index is -0.910. The standard InChI is InChI=1S/C14H24N2O5/c1-15(10-12(19)21-3)13(20)16(2)14(9-11(17)18)7-5-4-6-8-14/h4-10H2,1-3H3,(H,17,18). The Morgan fingerprint density at radius 3 is 2.19 bits per heavy atom. The minimum absolute atomic E-state index is 0.0682. The van der Waals surface area contributed by atoms with Crippen molar-refractivity contribution in [2.45, 2.75) is 44.1 Å². The van der Waals surface area contributed by atoms with E-state index in [0.717, 1.165) is 19.3 Å². The normalized spacial score (nSPS) is 16.9. The molecule has 0 spiro atoms. The lowest BCUT2D eigenvalue weighted by molar-refractivity contribution is -0.142. The Labute approximate surface area is 124 Å². The van der Waals surface area contributed by atoms with E-state index in [-0.39, 0.29) is 19.0 Å². The number of carbonyl (C=O) groups excluding carboxylic acids is 2. The fourth-order valence-corrected chi connectivity index (χ4v) is 2.91. The largest absolute Gasteiger partial charge is 0.481 e. The average molecular weight is 300 g/mol. The summed E-state index contributed by atoms with van der Waals surface area (Å²) in [4.78, 5) is 37.6. The first-order valence-electron chi connectivity index (χ1n) is 7.10. The van der Waals surface area contributed by atoms with Crippen molar-refractivity contribution in [2.75, 3.05) is 27.7 Å². The zero-order valence-electron chi connectivity index (χ0n) is 12.9. The molecule has 7 heteroatoms. The van der Waals surface area contributed by atoms with Crippen LogP contribution in [0.5, 0.6) is 0 Å². The molecule has 1 fully saturated rings. The van der Waals surface area contributed by atoms with E-state index in [9.17, 15) is 14.4 Å². The zero-order chi connectivity index (χ0) is 16.0. The predicted molar refractivity (Wildman–Crippen MR) is 75.9 cm³/mol. The molecule has 1 N–H and O–H groups in total. The third kappa shape index (κ3) is 4.34. The number of esters is 1. The number of ether oxygens (including phenoxy) is 1. The van der Waals surface area contributed by atoms with Crippen LogP contribution in [-0.2, 0) is 14.3 Å². The molecule has 0 saturated heterocycles. The number of carbonyl (C=O) groups is 3. The van der Waals surface area contributed by atoms with Crippen LogP contribution < -0.4 is 0 Å². The summed E-state index contributed by atoms with van der Waals surface area (Å²) < 4.78 is 4.54. The highest BCUT2D eigenvalue weighted by atomic mass is 16.5. The van der Waals surface area contributed by atoms with Crippen molar-refractivity contribution in [3.63, 3.8) is 0 Å². The zero-order valence-corrected chi connectivity index (χ0v) is 12.9. The molecular weight excluding hydrogens is 276 g/mol. The Balaban J connectivity index is 2.84. The molecule has 0 aromatic rings. The maximum Gasteiger partial charge on any atom is 0.325 e. The average Bonchev–Trinajstić information content (AvgIpc) is 2.45. The number of carboxylic acid groups (broad SMARTS) is 1. The minimum Gasteiger partial charge on any atom is -0.481 e. The summed E-state index contributed by atoms with van der Waals surface area (Å²) in [5.41, 5.74) is -0.661. The molecule has 1 saturated carbocycles. The number of hydrogen-bond donors (Lipinski definition) is 1. The SMILES string of the molecule is COC(=O)CN(C)C(=O)N(C)C1(CC(=O)O)CCCCC1. The van der Waals surface area contributed by atoms with Crippen LogP contribution in [0.4, 0.5) is 4.79 Å². The van der Waals surface area contributed by atoms with Gasteiger partial charge in [0.05, 0.1) is 19.1 Å². The molecule has 7 nitrogen and oxygen atoms in total. The number of hydrogen-bond acceptors (Lipinski definition) is 4. The van der Waals surface area contributed by atoms with Crippen molar-refractivity contribution < 1.29 is 24.2 Å². The van der Waals surface area contributed by atoms with E-state index in [1.54, 1.807) is 7.05 Å². The number of nitrogens with zero attached hydrogens (tertiary/aromatic N) is 2. The van der Waals surface area contributed by atoms with Crippen LogP contribution in [-0.4, -0.2) is 66.2 Å². The van der Waals surface area contributed by atoms with Gasteiger partial charge in [0.15, 0.2) is 0 Å². The van der Waals surface area contributed by atoms with Gasteiger partial charge in [-0.1, -0.05) is 19.3 Å². The van der Waals surface area contributed by atoms with Crippen molar-refractivity contribution in [2.24, 2.45) is 0 Å². The molecule has 0 bridgehead atoms. The maximum absolute atomic E-state index is 12.4. The molecule has 0 heterocycles. The fourth-order valence-electron chi connectivity index (χ4n) is 2.91. The number of likely N-dealkylation sites (N-methyl/N-ethyl adjacent to an activating group) is 1. The van der Waals surface area contributed by atoms with Gasteiger partial charge in [0.25, 0.3) is 0 Å². The van der Waals surface area contributed by atoms with Gasteiger partial charge < -0.3 is 19.6 Å². The van der Waals surface area contributed by atoms with E-state index in [1.165, 1.54) is 24.0 Å². The quantitative estimate of drug-likeness (QED) is 0.774. The summed E-state index contributed by atoms with van der Waals surface area (Å²) >= 11 is 0. The van der Waals surface area contributed by atoms with Crippen molar-refractivity contribution >= 4 is 18.0 Å². The lowest BCUT2D eigenvalue weighted by Gasteiger charge is -2.44. The topological polar surface area (TPSA) is 87.2 Å². The van der Waals surface area contributed by atoms with E-state index >= 15 is 0 Å². The van der Waals surface area contributed by atoms with E-state index < -0.39 is 17.5 Å². The number of aliphatic carboxylic acids is 1. The number of methoxy groups -OCH3 is 1. The maximum atomic E-state index is 12.4. The van der Waals surface area contributed by atoms with Crippen molar-refractivity contribution in [3.8, 4) is 0 Å². The molecule has 21 heavy (non-hydrogen) atoms. The van der Waals surface area contributed by atoms with E-state index in [0.29, 0.717) is 12.8 Å². The molecule has 0 aromatic carbocycles. The van der Waals surface area contributed by atoms with E-state index in [2.05, 4.69) is 4.74 Å². The van der Waals surface area contributed by atoms with Crippen LogP contribution in [0.2, 0.25) is 0 Å². The highest BCUT2D eigenvalue weighted by Gasteiger charge is 2.41. The highest BCUT2D eigenvalue weighted by molar-refractivity contribution is 5.81. The molecule has 0 atom stereocenters. The van der Waals surface area contributed by atoms with Gasteiger partial charge >= 0.3 is 18.0 Å². The summed E-state index contributed by atoms with van der Waals surface area (Å²) in [5.74, 6) is -1.41. The summed E-state index contributed by atoms with van der Waals surface area (Å²) in [6.07, 6.45) is 4.15. The monoisotopic (exact) mass is 300 g/mol. The van der Waals surface area contributed by atoms with Crippen LogP contribution in [0.15, 0.2) is 0 Å². The van der Waals surface area contributed by atoms with Gasteiger partial charge in [-0.05, 0) is 12.8 Å². The molecule has 120 valence electrons. The van der Waals surface area contributed by atoms with Crippen LogP contribution in [0.1, 0.15) is 38.5 Å². The summed E-state index contributed by atoms with van der Waals surface area (Å²) in [7, 11) is 4.38. The number of rotatable bonds is 5. The van der Waals surface area contributed by atoms with Crippen LogP contribution >= 0.6 is 0 Å². The second kappa shape index (κ2) is 7.28. The molecule has 0 aromatic heterocycles. The molecule has 0 aliphatic heterocycles. The lowest BCUT2D eigenvalue weighted by Crippen LogP contribution is -2.55. The third-order valence-corrected chi connectivity index (χ3v) is 4.18. The Morgan fingerprint density at radius 2 is 1.71 bits per heavy atom. The third-order valence-electron chi connectivity index (χ3n) is 4.18. The molecule has 2 amide bonds. The van der Waals surface area contributed by atoms with Gasteiger partial charge in [-0.2, -0.15) is 0 Å².